The standard InChI is InChI=1S/C6H5.2FH.Fe/c1-2-4-6-5-3-1;;;/h1-5H;2*1H;/q-1;;;+3/p-2. The van der Waals surface area contributed by atoms with Gasteiger partial charge in [-0.1, -0.05) is 0 Å². The molecule has 0 saturated carbocycles. The number of rotatable bonds is 0. The summed E-state index contributed by atoms with van der Waals surface area (Å²) in [4.78, 5) is 0. The van der Waals surface area contributed by atoms with Crippen LogP contribution in [0.15, 0.2) is 30.3 Å². The Bertz CT molecular complexity index is 93.9. The van der Waals surface area contributed by atoms with Crippen molar-refractivity contribution in [2.45, 2.75) is 0 Å². The van der Waals surface area contributed by atoms with Gasteiger partial charge in [-0.2, -0.15) is 36.4 Å². The number of benzene rings is 1. The van der Waals surface area contributed by atoms with E-state index in [1.807, 2.05) is 30.3 Å². The van der Waals surface area contributed by atoms with Crippen molar-refractivity contribution in [2.24, 2.45) is 0 Å². The molecule has 0 saturated heterocycles. The average Bonchev–Trinajstić information content (AvgIpc) is 1.93. The molecule has 9 heavy (non-hydrogen) atoms. The van der Waals surface area contributed by atoms with E-state index in [4.69, 9.17) is 0 Å². The number of halogens is 2. The molecule has 0 bridgehead atoms. The van der Waals surface area contributed by atoms with Crippen LogP contribution in [-0.4, -0.2) is 0 Å². The van der Waals surface area contributed by atoms with E-state index < -0.39 is 15.9 Å². The third-order valence-corrected chi connectivity index (χ3v) is 0.607. The quantitative estimate of drug-likeness (QED) is 0.415. The Balaban J connectivity index is 0.000000187. The predicted octanol–water partition coefficient (Wildman–Crippen LogP) is 2.32. The van der Waals surface area contributed by atoms with Gasteiger partial charge in [-0.25, -0.2) is 0 Å². The fourth-order valence-corrected chi connectivity index (χ4v) is 0.342. The molecule has 1 aromatic carbocycles. The first-order valence-electron chi connectivity index (χ1n) is 2.18. The van der Waals surface area contributed by atoms with E-state index in [0.717, 1.165) is 0 Å². The van der Waals surface area contributed by atoms with Crippen molar-refractivity contribution >= 4 is 0 Å². The normalized spacial score (nSPS) is 7.33. The first-order valence-corrected chi connectivity index (χ1v) is 3.01. The van der Waals surface area contributed by atoms with Gasteiger partial charge in [-0.15, -0.1) is 0 Å². The molecular formula is C6H5F2Fe. The smallest absolute Gasteiger partial charge is 0.171 e. The number of hydrogen-bond acceptors (Lipinski definition) is 0. The Labute approximate surface area is 60.0 Å². The van der Waals surface area contributed by atoms with Gasteiger partial charge in [-0.05, 0) is 0 Å². The van der Waals surface area contributed by atoms with Crippen molar-refractivity contribution in [1.29, 1.82) is 0 Å². The molecule has 0 aliphatic heterocycles. The van der Waals surface area contributed by atoms with Crippen LogP contribution in [0.2, 0.25) is 0 Å². The van der Waals surface area contributed by atoms with Gasteiger partial charge in [0.25, 0.3) is 0 Å². The summed E-state index contributed by atoms with van der Waals surface area (Å²) in [5.74, 6) is 0. The average molecular weight is 171 g/mol. The van der Waals surface area contributed by atoms with E-state index in [1.54, 1.807) is 0 Å². The summed E-state index contributed by atoms with van der Waals surface area (Å²) < 4.78 is 19.2. The van der Waals surface area contributed by atoms with Crippen LogP contribution in [-0.2, 0) is 15.9 Å². The molecule has 0 aliphatic rings. The third kappa shape index (κ3) is 7.60. The third-order valence-electron chi connectivity index (χ3n) is 0.607. The van der Waals surface area contributed by atoms with Crippen LogP contribution in [0.1, 0.15) is 0 Å². The number of hydrogen-bond donors (Lipinski definition) is 0. The second-order valence-electron chi connectivity index (χ2n) is 1.13. The molecule has 0 unspecified atom stereocenters. The molecule has 0 spiro atoms. The van der Waals surface area contributed by atoms with Crippen molar-refractivity contribution in [1.82, 2.24) is 0 Å². The minimum Gasteiger partial charge on any atom is -0.184 e. The summed E-state index contributed by atoms with van der Waals surface area (Å²) in [6, 6.07) is 12.5. The van der Waals surface area contributed by atoms with Gasteiger partial charge in [0.15, 0.2) is 0 Å². The molecule has 0 aromatic heterocycles. The minimum atomic E-state index is -1.75. The van der Waals surface area contributed by atoms with Crippen LogP contribution in [0.25, 0.3) is 0 Å². The molecule has 0 heterocycles. The van der Waals surface area contributed by atoms with Crippen molar-refractivity contribution in [3.05, 3.63) is 36.4 Å². The Morgan fingerprint density at radius 1 is 1.00 bits per heavy atom. The Hall–Kier alpha value is -0.401. The predicted molar refractivity (Wildman–Crippen MR) is 27.5 cm³/mol. The van der Waals surface area contributed by atoms with Gasteiger partial charge < -0.3 is 0 Å². The topological polar surface area (TPSA) is 0 Å². The zero-order valence-corrected chi connectivity index (χ0v) is 5.60. The van der Waals surface area contributed by atoms with Gasteiger partial charge in [0, 0.05) is 0 Å². The van der Waals surface area contributed by atoms with Crippen molar-refractivity contribution in [3.8, 4) is 0 Å². The maximum atomic E-state index is 9.62. The van der Waals surface area contributed by atoms with Crippen LogP contribution in [0.3, 0.4) is 0 Å². The molecule has 3 heteroatoms. The Morgan fingerprint density at radius 3 is 1.56 bits per heavy atom. The molecule has 0 N–H and O–H groups in total. The molecule has 0 amide bonds. The van der Waals surface area contributed by atoms with Gasteiger partial charge in [0.1, 0.15) is 0 Å². The molecule has 0 nitrogen and oxygen atoms in total. The fourth-order valence-electron chi connectivity index (χ4n) is 0.342. The van der Waals surface area contributed by atoms with E-state index in [-0.39, 0.29) is 0 Å². The zero-order valence-electron chi connectivity index (χ0n) is 4.50. The van der Waals surface area contributed by atoms with Crippen LogP contribution >= 0.6 is 0 Å². The molecular weight excluding hydrogens is 166 g/mol. The molecule has 1 rings (SSSR count). The molecule has 0 atom stereocenters. The fraction of sp³-hybridized carbons (Fsp3) is 0. The molecule has 1 aromatic rings. The van der Waals surface area contributed by atoms with E-state index >= 15 is 0 Å². The first-order chi connectivity index (χ1) is 4.41. The summed E-state index contributed by atoms with van der Waals surface area (Å²) >= 11 is -1.75. The molecule has 51 valence electrons. The molecule has 0 aliphatic carbocycles. The molecule has 0 fully saturated rings. The summed E-state index contributed by atoms with van der Waals surface area (Å²) in [7, 11) is 0. The Morgan fingerprint density at radius 2 is 1.44 bits per heavy atom. The minimum absolute atomic E-state index is 1.75. The largest absolute Gasteiger partial charge is 0.184 e. The second-order valence-corrected chi connectivity index (χ2v) is 1.29. The van der Waals surface area contributed by atoms with Crippen LogP contribution < -0.4 is 0 Å². The zero-order chi connectivity index (χ0) is 6.95. The SMILES string of the molecule is [F][Fe+][F].[c-]1ccccc1. The maximum absolute atomic E-state index is 9.62. The van der Waals surface area contributed by atoms with Crippen molar-refractivity contribution in [3.63, 3.8) is 0 Å². The van der Waals surface area contributed by atoms with Crippen LogP contribution in [0.5, 0.6) is 0 Å². The first kappa shape index (κ1) is 8.60. The van der Waals surface area contributed by atoms with Gasteiger partial charge in [0.05, 0.1) is 0 Å². The van der Waals surface area contributed by atoms with Crippen LogP contribution in [0.4, 0.5) is 7.10 Å². The van der Waals surface area contributed by atoms with Gasteiger partial charge >= 0.3 is 23.0 Å². The van der Waals surface area contributed by atoms with E-state index in [0.29, 0.717) is 0 Å². The Kier molecular flexibility index (Phi) is 7.26. The summed E-state index contributed by atoms with van der Waals surface area (Å²) in [5.41, 5.74) is 0. The van der Waals surface area contributed by atoms with E-state index in [1.165, 1.54) is 0 Å². The van der Waals surface area contributed by atoms with Crippen molar-refractivity contribution in [2.75, 3.05) is 0 Å². The summed E-state index contributed by atoms with van der Waals surface area (Å²) in [6.07, 6.45) is 0. The second kappa shape index (κ2) is 7.60. The molecule has 0 radical (unpaired) electrons. The maximum Gasteiger partial charge on any atom is -0.171 e. The summed E-state index contributed by atoms with van der Waals surface area (Å²) in [6.45, 7) is 0. The van der Waals surface area contributed by atoms with E-state index in [2.05, 4.69) is 6.07 Å². The van der Waals surface area contributed by atoms with Crippen molar-refractivity contribution < 1.29 is 23.0 Å². The van der Waals surface area contributed by atoms with Gasteiger partial charge in [-0.3, -0.25) is 0 Å². The van der Waals surface area contributed by atoms with Crippen LogP contribution in [0, 0.1) is 6.07 Å². The van der Waals surface area contributed by atoms with Gasteiger partial charge in [0.2, 0.25) is 0 Å². The summed E-state index contributed by atoms with van der Waals surface area (Å²) in [5, 5.41) is 0. The monoisotopic (exact) mass is 171 g/mol. The van der Waals surface area contributed by atoms with E-state index in [9.17, 15) is 7.10 Å².